The molecular weight excluding hydrogens is 284 g/mol. The SMILES string of the molecule is C.CC(C)=CC[C@H](O)c1cc(O)c2c(c1O)C(=O)C=CC2=O. The molecule has 0 bridgehead atoms. The van der Waals surface area contributed by atoms with Crippen molar-refractivity contribution in [2.45, 2.75) is 33.8 Å². The lowest BCUT2D eigenvalue weighted by Crippen LogP contribution is -2.14. The van der Waals surface area contributed by atoms with Crippen molar-refractivity contribution in [3.63, 3.8) is 0 Å². The van der Waals surface area contributed by atoms with Gasteiger partial charge in [-0.2, -0.15) is 0 Å². The minimum Gasteiger partial charge on any atom is -0.507 e. The Labute approximate surface area is 129 Å². The average molecular weight is 304 g/mol. The van der Waals surface area contributed by atoms with E-state index in [1.807, 2.05) is 13.8 Å². The molecule has 0 heterocycles. The van der Waals surface area contributed by atoms with Crippen LogP contribution in [0.3, 0.4) is 0 Å². The first-order chi connectivity index (χ1) is 9.82. The number of benzene rings is 1. The first-order valence-corrected chi connectivity index (χ1v) is 6.50. The van der Waals surface area contributed by atoms with Crippen molar-refractivity contribution < 1.29 is 24.9 Å². The van der Waals surface area contributed by atoms with E-state index in [9.17, 15) is 24.9 Å². The van der Waals surface area contributed by atoms with Crippen LogP contribution in [0, 0.1) is 0 Å². The number of hydrogen-bond donors (Lipinski definition) is 3. The lowest BCUT2D eigenvalue weighted by molar-refractivity contribution is 0.0988. The number of hydrogen-bond acceptors (Lipinski definition) is 5. The van der Waals surface area contributed by atoms with Gasteiger partial charge in [0.25, 0.3) is 0 Å². The predicted octanol–water partition coefficient (Wildman–Crippen LogP) is 3.06. The molecule has 5 nitrogen and oxygen atoms in total. The predicted molar refractivity (Wildman–Crippen MR) is 83.3 cm³/mol. The third-order valence-electron chi connectivity index (χ3n) is 3.30. The number of allylic oxidation sites excluding steroid dienone is 3. The maximum atomic E-state index is 11.8. The Kier molecular flexibility index (Phi) is 5.28. The zero-order valence-corrected chi connectivity index (χ0v) is 11.8. The highest BCUT2D eigenvalue weighted by Crippen LogP contribution is 2.39. The van der Waals surface area contributed by atoms with Gasteiger partial charge in [-0.1, -0.05) is 19.1 Å². The van der Waals surface area contributed by atoms with Crippen molar-refractivity contribution in [3.8, 4) is 11.5 Å². The van der Waals surface area contributed by atoms with Crippen molar-refractivity contribution in [2.75, 3.05) is 0 Å². The highest BCUT2D eigenvalue weighted by molar-refractivity contribution is 6.24. The third-order valence-corrected chi connectivity index (χ3v) is 3.30. The number of aromatic hydroxyl groups is 2. The molecule has 1 aromatic rings. The van der Waals surface area contributed by atoms with Gasteiger partial charge in [-0.3, -0.25) is 9.59 Å². The molecule has 0 unspecified atom stereocenters. The summed E-state index contributed by atoms with van der Waals surface area (Å²) in [5.74, 6) is -2.01. The molecule has 1 atom stereocenters. The molecule has 0 radical (unpaired) electrons. The molecule has 0 fully saturated rings. The van der Waals surface area contributed by atoms with Gasteiger partial charge in [0.05, 0.1) is 17.2 Å². The van der Waals surface area contributed by atoms with Crippen molar-refractivity contribution in [1.29, 1.82) is 0 Å². The quantitative estimate of drug-likeness (QED) is 0.589. The van der Waals surface area contributed by atoms with Crippen LogP contribution in [0.1, 0.15) is 60.1 Å². The number of aliphatic hydroxyl groups is 1. The van der Waals surface area contributed by atoms with E-state index in [0.29, 0.717) is 0 Å². The zero-order chi connectivity index (χ0) is 15.7. The lowest BCUT2D eigenvalue weighted by atomic mass is 9.89. The summed E-state index contributed by atoms with van der Waals surface area (Å²) in [6, 6.07) is 1.13. The summed E-state index contributed by atoms with van der Waals surface area (Å²) < 4.78 is 0. The zero-order valence-electron chi connectivity index (χ0n) is 11.8. The average Bonchev–Trinajstić information content (AvgIpc) is 2.42. The summed E-state index contributed by atoms with van der Waals surface area (Å²) in [5.41, 5.74) is 0.539. The van der Waals surface area contributed by atoms with Crippen molar-refractivity contribution >= 4 is 11.6 Å². The fourth-order valence-electron chi connectivity index (χ4n) is 2.21. The summed E-state index contributed by atoms with van der Waals surface area (Å²) in [6.45, 7) is 3.73. The Balaban J connectivity index is 0.00000242. The van der Waals surface area contributed by atoms with Crippen LogP contribution in [0.15, 0.2) is 29.9 Å². The van der Waals surface area contributed by atoms with E-state index in [0.717, 1.165) is 23.8 Å². The molecule has 2 rings (SSSR count). The van der Waals surface area contributed by atoms with Crippen molar-refractivity contribution in [3.05, 3.63) is 46.6 Å². The number of fused-ring (bicyclic) bond motifs is 1. The number of rotatable bonds is 3. The van der Waals surface area contributed by atoms with Crippen LogP contribution < -0.4 is 0 Å². The Hall–Kier alpha value is -2.40. The van der Waals surface area contributed by atoms with Gasteiger partial charge in [-0.05, 0) is 38.5 Å². The van der Waals surface area contributed by atoms with Crippen LogP contribution in [0.4, 0.5) is 0 Å². The first kappa shape index (κ1) is 17.7. The van der Waals surface area contributed by atoms with Gasteiger partial charge in [0, 0.05) is 5.56 Å². The molecule has 3 N–H and O–H groups in total. The van der Waals surface area contributed by atoms with E-state index in [4.69, 9.17) is 0 Å². The van der Waals surface area contributed by atoms with Crippen LogP contribution in [-0.4, -0.2) is 26.9 Å². The van der Waals surface area contributed by atoms with Gasteiger partial charge >= 0.3 is 0 Å². The van der Waals surface area contributed by atoms with Crippen LogP contribution in [0.5, 0.6) is 11.5 Å². The van der Waals surface area contributed by atoms with Crippen LogP contribution >= 0.6 is 0 Å². The molecule has 1 aliphatic carbocycles. The normalized spacial score (nSPS) is 14.1. The van der Waals surface area contributed by atoms with Gasteiger partial charge in [0.1, 0.15) is 11.5 Å². The first-order valence-electron chi connectivity index (χ1n) is 6.50. The van der Waals surface area contributed by atoms with E-state index in [-0.39, 0.29) is 30.5 Å². The molecule has 0 amide bonds. The number of phenolic OH excluding ortho intramolecular Hbond substituents is 2. The van der Waals surface area contributed by atoms with Crippen LogP contribution in [-0.2, 0) is 0 Å². The second-order valence-corrected chi connectivity index (χ2v) is 5.18. The Morgan fingerprint density at radius 1 is 1.14 bits per heavy atom. The summed E-state index contributed by atoms with van der Waals surface area (Å²) in [5, 5.41) is 30.2. The third kappa shape index (κ3) is 3.09. The van der Waals surface area contributed by atoms with E-state index >= 15 is 0 Å². The molecule has 22 heavy (non-hydrogen) atoms. The van der Waals surface area contributed by atoms with E-state index in [2.05, 4.69) is 0 Å². The van der Waals surface area contributed by atoms with Crippen molar-refractivity contribution in [1.82, 2.24) is 0 Å². The number of phenols is 2. The Morgan fingerprint density at radius 3 is 2.23 bits per heavy atom. The minimum atomic E-state index is -1.08. The molecular formula is C17H20O5. The molecule has 118 valence electrons. The summed E-state index contributed by atoms with van der Waals surface area (Å²) in [7, 11) is 0. The molecule has 5 heteroatoms. The highest BCUT2D eigenvalue weighted by Gasteiger charge is 2.29. The second kappa shape index (κ2) is 6.58. The molecule has 0 saturated carbocycles. The summed E-state index contributed by atoms with van der Waals surface area (Å²) in [6.07, 6.45) is 3.00. The van der Waals surface area contributed by atoms with E-state index in [1.165, 1.54) is 0 Å². The lowest BCUT2D eigenvalue weighted by Gasteiger charge is -2.18. The maximum Gasteiger partial charge on any atom is 0.190 e. The number of ketones is 2. The molecule has 0 aromatic heterocycles. The van der Waals surface area contributed by atoms with Gasteiger partial charge in [0.15, 0.2) is 11.6 Å². The maximum absolute atomic E-state index is 11.8. The summed E-state index contributed by atoms with van der Waals surface area (Å²) in [4.78, 5) is 23.6. The largest absolute Gasteiger partial charge is 0.507 e. The second-order valence-electron chi connectivity index (χ2n) is 5.18. The summed E-state index contributed by atoms with van der Waals surface area (Å²) >= 11 is 0. The fourth-order valence-corrected chi connectivity index (χ4v) is 2.21. The molecule has 0 aliphatic heterocycles. The highest BCUT2D eigenvalue weighted by atomic mass is 16.3. The van der Waals surface area contributed by atoms with Crippen LogP contribution in [0.25, 0.3) is 0 Å². The topological polar surface area (TPSA) is 94.8 Å². The van der Waals surface area contributed by atoms with Gasteiger partial charge in [-0.15, -0.1) is 0 Å². The molecule has 0 spiro atoms. The van der Waals surface area contributed by atoms with Gasteiger partial charge < -0.3 is 15.3 Å². The number of aliphatic hydroxyl groups excluding tert-OH is 1. The number of carbonyl (C=O) groups is 2. The smallest absolute Gasteiger partial charge is 0.190 e. The molecule has 0 saturated heterocycles. The number of carbonyl (C=O) groups excluding carboxylic acids is 2. The monoisotopic (exact) mass is 304 g/mol. The Bertz CT molecular complexity index is 679. The fraction of sp³-hybridized carbons (Fsp3) is 0.294. The van der Waals surface area contributed by atoms with Gasteiger partial charge in [0.2, 0.25) is 0 Å². The van der Waals surface area contributed by atoms with Gasteiger partial charge in [-0.25, -0.2) is 0 Å². The van der Waals surface area contributed by atoms with E-state index in [1.54, 1.807) is 6.08 Å². The van der Waals surface area contributed by atoms with Crippen molar-refractivity contribution in [2.24, 2.45) is 0 Å². The molecule has 1 aliphatic rings. The minimum absolute atomic E-state index is 0. The standard InChI is InChI=1S/C16H16O5.CH4/c1-8(2)3-4-10(17)9-7-13(20)14-11(18)5-6-12(19)15(14)16(9)21;/h3,5-7,10,17,20-21H,4H2,1-2H3;1H4/t10-;/m0./s1. The van der Waals surface area contributed by atoms with E-state index < -0.39 is 29.2 Å². The Morgan fingerprint density at radius 2 is 1.68 bits per heavy atom. The molecule has 1 aromatic carbocycles. The van der Waals surface area contributed by atoms with Crippen LogP contribution in [0.2, 0.25) is 0 Å².